The lowest BCUT2D eigenvalue weighted by atomic mass is 10.2. The number of aryl methyl sites for hydroxylation is 1. The maximum absolute atomic E-state index is 12.3. The Morgan fingerprint density at radius 2 is 1.83 bits per heavy atom. The van der Waals surface area contributed by atoms with Crippen molar-refractivity contribution >= 4 is 29.1 Å². The van der Waals surface area contributed by atoms with Gasteiger partial charge in [0.1, 0.15) is 12.4 Å². The van der Waals surface area contributed by atoms with E-state index < -0.39 is 5.97 Å². The Kier molecular flexibility index (Phi) is 6.31. The van der Waals surface area contributed by atoms with Crippen LogP contribution in [0.25, 0.3) is 11.0 Å². The largest absolute Gasteiger partial charge is 0.493 e. The summed E-state index contributed by atoms with van der Waals surface area (Å²) in [5, 5.41) is 4.00. The Bertz CT molecular complexity index is 1090. The number of ether oxygens (including phenoxy) is 3. The minimum atomic E-state index is -0.498. The van der Waals surface area contributed by atoms with E-state index in [0.717, 1.165) is 16.9 Å². The molecule has 9 heteroatoms. The quantitative estimate of drug-likeness (QED) is 0.278. The molecule has 0 aliphatic heterocycles. The summed E-state index contributed by atoms with van der Waals surface area (Å²) in [6.45, 7) is 3.22. The molecule has 0 bridgehead atoms. The van der Waals surface area contributed by atoms with Crippen molar-refractivity contribution in [2.24, 2.45) is 5.10 Å². The monoisotopic (exact) mass is 410 g/mol. The van der Waals surface area contributed by atoms with Gasteiger partial charge in [0, 0.05) is 12.5 Å². The number of hydrogen-bond donors (Lipinski definition) is 1. The highest BCUT2D eigenvalue weighted by Gasteiger charge is 2.16. The molecule has 0 unspecified atom stereocenters. The molecule has 9 nitrogen and oxygen atoms in total. The van der Waals surface area contributed by atoms with Gasteiger partial charge in [-0.05, 0) is 31.2 Å². The average molecular weight is 410 g/mol. The average Bonchev–Trinajstić information content (AvgIpc) is 3.03. The number of methoxy groups -OCH3 is 2. The Labute approximate surface area is 173 Å². The molecule has 30 heavy (non-hydrogen) atoms. The van der Waals surface area contributed by atoms with Crippen molar-refractivity contribution in [2.45, 2.75) is 20.4 Å². The van der Waals surface area contributed by atoms with E-state index in [1.54, 1.807) is 12.1 Å². The van der Waals surface area contributed by atoms with Gasteiger partial charge in [0.05, 0.1) is 31.5 Å². The molecular formula is C21H22N4O5. The number of nitrogens with one attached hydrogen (secondary N) is 1. The van der Waals surface area contributed by atoms with Gasteiger partial charge in [0.15, 0.2) is 11.5 Å². The van der Waals surface area contributed by atoms with Crippen molar-refractivity contribution in [2.75, 3.05) is 14.2 Å². The van der Waals surface area contributed by atoms with Gasteiger partial charge >= 0.3 is 5.97 Å². The highest BCUT2D eigenvalue weighted by atomic mass is 16.6. The lowest BCUT2D eigenvalue weighted by molar-refractivity contribution is -0.132. The van der Waals surface area contributed by atoms with E-state index in [1.165, 1.54) is 27.4 Å². The molecule has 1 aromatic heterocycles. The molecular weight excluding hydrogens is 388 g/mol. The first-order valence-electron chi connectivity index (χ1n) is 9.11. The number of benzene rings is 2. The normalized spacial score (nSPS) is 10.9. The van der Waals surface area contributed by atoms with Gasteiger partial charge in [-0.25, -0.2) is 10.4 Å². The van der Waals surface area contributed by atoms with Gasteiger partial charge in [-0.15, -0.1) is 0 Å². The second-order valence-electron chi connectivity index (χ2n) is 6.38. The molecule has 2 aromatic carbocycles. The first kappa shape index (κ1) is 20.8. The highest BCUT2D eigenvalue weighted by Crippen LogP contribution is 2.38. The summed E-state index contributed by atoms with van der Waals surface area (Å²) in [5.74, 6) is 0.730. The predicted molar refractivity (Wildman–Crippen MR) is 111 cm³/mol. The van der Waals surface area contributed by atoms with E-state index >= 15 is 0 Å². The first-order valence-corrected chi connectivity index (χ1v) is 9.11. The van der Waals surface area contributed by atoms with Crippen molar-refractivity contribution in [1.29, 1.82) is 0 Å². The topological polar surface area (TPSA) is 104 Å². The zero-order valence-electron chi connectivity index (χ0n) is 17.1. The summed E-state index contributed by atoms with van der Waals surface area (Å²) in [7, 11) is 2.89. The minimum Gasteiger partial charge on any atom is -0.493 e. The fraction of sp³-hybridized carbons (Fsp3) is 0.238. The van der Waals surface area contributed by atoms with E-state index in [-0.39, 0.29) is 18.2 Å². The van der Waals surface area contributed by atoms with Crippen LogP contribution < -0.4 is 19.6 Å². The van der Waals surface area contributed by atoms with Gasteiger partial charge in [0.2, 0.25) is 5.75 Å². The summed E-state index contributed by atoms with van der Waals surface area (Å²) < 4.78 is 17.5. The van der Waals surface area contributed by atoms with Crippen LogP contribution in [0.2, 0.25) is 0 Å². The van der Waals surface area contributed by atoms with E-state index in [4.69, 9.17) is 14.2 Å². The third-order valence-corrected chi connectivity index (χ3v) is 4.28. The number of hydrogen-bond acceptors (Lipinski definition) is 7. The number of esters is 1. The van der Waals surface area contributed by atoms with Crippen molar-refractivity contribution in [3.8, 4) is 17.2 Å². The summed E-state index contributed by atoms with van der Waals surface area (Å²) in [5.41, 5.74) is 4.80. The number of nitrogens with zero attached hydrogens (tertiary/aromatic N) is 3. The van der Waals surface area contributed by atoms with E-state index in [9.17, 15) is 9.59 Å². The summed E-state index contributed by atoms with van der Waals surface area (Å²) >= 11 is 0. The zero-order valence-corrected chi connectivity index (χ0v) is 17.1. The van der Waals surface area contributed by atoms with Crippen LogP contribution in [0.15, 0.2) is 41.5 Å². The van der Waals surface area contributed by atoms with Gasteiger partial charge in [-0.2, -0.15) is 5.10 Å². The van der Waals surface area contributed by atoms with Crippen LogP contribution >= 0.6 is 0 Å². The van der Waals surface area contributed by atoms with Crippen molar-refractivity contribution < 1.29 is 23.8 Å². The number of rotatable bonds is 7. The van der Waals surface area contributed by atoms with Crippen LogP contribution in [0.4, 0.5) is 0 Å². The van der Waals surface area contributed by atoms with Gasteiger partial charge in [0.25, 0.3) is 5.91 Å². The molecule has 0 saturated heterocycles. The molecule has 156 valence electrons. The Hall–Kier alpha value is -3.88. The van der Waals surface area contributed by atoms with Crippen molar-refractivity contribution in [3.05, 3.63) is 47.8 Å². The lowest BCUT2D eigenvalue weighted by Gasteiger charge is -2.13. The summed E-state index contributed by atoms with van der Waals surface area (Å²) in [6, 6.07) is 10.8. The molecule has 0 saturated carbocycles. The molecule has 1 N–H and O–H groups in total. The fourth-order valence-electron chi connectivity index (χ4n) is 2.97. The van der Waals surface area contributed by atoms with Crippen LogP contribution in [0.1, 0.15) is 18.3 Å². The summed E-state index contributed by atoms with van der Waals surface area (Å²) in [6.07, 6.45) is 1.44. The molecule has 3 aromatic rings. The van der Waals surface area contributed by atoms with Gasteiger partial charge < -0.3 is 18.8 Å². The molecule has 1 amide bonds. The Morgan fingerprint density at radius 3 is 2.47 bits per heavy atom. The molecule has 0 atom stereocenters. The Balaban J connectivity index is 1.73. The van der Waals surface area contributed by atoms with Crippen LogP contribution in [0.3, 0.4) is 0 Å². The lowest BCUT2D eigenvalue weighted by Crippen LogP contribution is -2.23. The number of para-hydroxylation sites is 2. The number of hydrazone groups is 1. The second kappa shape index (κ2) is 9.08. The molecule has 0 aliphatic rings. The number of carbonyl (C=O) groups is 2. The Morgan fingerprint density at radius 1 is 1.17 bits per heavy atom. The zero-order chi connectivity index (χ0) is 21.7. The number of amides is 1. The number of carbonyl (C=O) groups excluding carboxylic acids is 2. The SMILES string of the molecule is COc1cc(/C=N\NC(=O)Cn2c(C)nc3ccccc32)cc(OC)c1OC(C)=O. The van der Waals surface area contributed by atoms with E-state index in [1.807, 2.05) is 35.8 Å². The maximum Gasteiger partial charge on any atom is 0.308 e. The minimum absolute atomic E-state index is 0.0850. The van der Waals surface area contributed by atoms with Crippen molar-refractivity contribution in [1.82, 2.24) is 15.0 Å². The standard InChI is InChI=1S/C21H22N4O5/c1-13-23-16-7-5-6-8-17(16)25(13)12-20(27)24-22-11-15-9-18(28-3)21(30-14(2)26)19(10-15)29-4/h5-11H,12H2,1-4H3,(H,24,27)/b22-11-. The molecule has 3 rings (SSSR count). The number of imidazole rings is 1. The predicted octanol–water partition coefficient (Wildman–Crippen LogP) is 2.44. The van der Waals surface area contributed by atoms with Gasteiger partial charge in [-0.1, -0.05) is 12.1 Å². The maximum atomic E-state index is 12.3. The first-order chi connectivity index (χ1) is 14.4. The van der Waals surface area contributed by atoms with E-state index in [2.05, 4.69) is 15.5 Å². The number of fused-ring (bicyclic) bond motifs is 1. The molecule has 0 spiro atoms. The van der Waals surface area contributed by atoms with Crippen LogP contribution in [-0.4, -0.2) is 41.9 Å². The third-order valence-electron chi connectivity index (χ3n) is 4.28. The van der Waals surface area contributed by atoms with E-state index in [0.29, 0.717) is 17.1 Å². The van der Waals surface area contributed by atoms with Crippen LogP contribution in [0, 0.1) is 6.92 Å². The van der Waals surface area contributed by atoms with Gasteiger partial charge in [-0.3, -0.25) is 9.59 Å². The van der Waals surface area contributed by atoms with Crippen LogP contribution in [-0.2, 0) is 16.1 Å². The highest BCUT2D eigenvalue weighted by molar-refractivity contribution is 5.85. The second-order valence-corrected chi connectivity index (χ2v) is 6.38. The van der Waals surface area contributed by atoms with Crippen molar-refractivity contribution in [3.63, 3.8) is 0 Å². The number of aromatic nitrogens is 2. The fourth-order valence-corrected chi connectivity index (χ4v) is 2.97. The third kappa shape index (κ3) is 4.57. The smallest absolute Gasteiger partial charge is 0.308 e. The molecule has 0 fully saturated rings. The molecule has 0 radical (unpaired) electrons. The molecule has 0 aliphatic carbocycles. The van der Waals surface area contributed by atoms with Crippen LogP contribution in [0.5, 0.6) is 17.2 Å². The summed E-state index contributed by atoms with van der Waals surface area (Å²) in [4.78, 5) is 28.1. The molecule has 1 heterocycles.